The Morgan fingerprint density at radius 3 is 2.38 bits per heavy atom. The zero-order valence-corrected chi connectivity index (χ0v) is 15.4. The van der Waals surface area contributed by atoms with Crippen LogP contribution in [0, 0.1) is 6.92 Å². The number of carbonyl (C=O) groups excluding carboxylic acids is 2. The van der Waals surface area contributed by atoms with Gasteiger partial charge in [-0.2, -0.15) is 0 Å². The normalized spacial score (nSPS) is 14.9. The van der Waals surface area contributed by atoms with Gasteiger partial charge in [-0.05, 0) is 55.8 Å². The first kappa shape index (κ1) is 18.1. The highest BCUT2D eigenvalue weighted by molar-refractivity contribution is 5.95. The number of nitrogens with zero attached hydrogens (tertiary/aromatic N) is 1. The minimum Gasteiger partial charge on any atom is -0.360 e. The summed E-state index contributed by atoms with van der Waals surface area (Å²) in [4.78, 5) is 27.3. The molecule has 2 aromatic rings. The van der Waals surface area contributed by atoms with Crippen molar-refractivity contribution < 1.29 is 14.5 Å². The largest absolute Gasteiger partial charge is 0.360 e. The number of Topliss-reactive ketones (excluding diaryl/α,β-unsaturated/α-hetero) is 1. The van der Waals surface area contributed by atoms with Crippen LogP contribution in [-0.2, 0) is 4.79 Å². The van der Waals surface area contributed by atoms with Crippen molar-refractivity contribution in [3.8, 4) is 0 Å². The molecule has 2 N–H and O–H groups in total. The van der Waals surface area contributed by atoms with Gasteiger partial charge >= 0.3 is 0 Å². The smallest absolute Gasteiger partial charge is 0.279 e. The van der Waals surface area contributed by atoms with Crippen LogP contribution in [0.5, 0.6) is 0 Å². The molecule has 0 radical (unpaired) electrons. The number of aryl methyl sites for hydroxylation is 1. The van der Waals surface area contributed by atoms with Crippen molar-refractivity contribution in [1.29, 1.82) is 0 Å². The summed E-state index contributed by atoms with van der Waals surface area (Å²) >= 11 is 0. The predicted molar refractivity (Wildman–Crippen MR) is 104 cm³/mol. The van der Waals surface area contributed by atoms with Crippen LogP contribution in [0.1, 0.15) is 22.8 Å². The average Bonchev–Trinajstić information content (AvgIpc) is 2.62. The number of anilines is 2. The van der Waals surface area contributed by atoms with Crippen LogP contribution in [0.15, 0.2) is 48.5 Å². The molecule has 136 valence electrons. The van der Waals surface area contributed by atoms with Crippen molar-refractivity contribution >= 4 is 23.1 Å². The van der Waals surface area contributed by atoms with Crippen molar-refractivity contribution in [3.05, 3.63) is 59.7 Å². The molecule has 0 unspecified atom stereocenters. The maximum atomic E-state index is 12.3. The molecule has 3 rings (SSSR count). The van der Waals surface area contributed by atoms with E-state index in [1.807, 2.05) is 0 Å². The van der Waals surface area contributed by atoms with Crippen LogP contribution in [-0.4, -0.2) is 44.4 Å². The quantitative estimate of drug-likeness (QED) is 0.803. The fraction of sp³-hybridized carbons (Fsp3) is 0.333. The number of nitrogens with one attached hydrogen (secondary N) is 2. The fourth-order valence-corrected chi connectivity index (χ4v) is 3.30. The van der Waals surface area contributed by atoms with E-state index < -0.39 is 0 Å². The molecule has 1 aliphatic rings. The van der Waals surface area contributed by atoms with E-state index in [0.29, 0.717) is 12.1 Å². The summed E-state index contributed by atoms with van der Waals surface area (Å²) in [6.45, 7) is 7.93. The van der Waals surface area contributed by atoms with Gasteiger partial charge in [0.25, 0.3) is 5.91 Å². The van der Waals surface area contributed by atoms with Gasteiger partial charge in [-0.1, -0.05) is 12.1 Å². The number of carbonyl (C=O) groups is 2. The molecule has 2 aromatic carbocycles. The van der Waals surface area contributed by atoms with E-state index in [2.05, 4.69) is 41.4 Å². The lowest BCUT2D eigenvalue weighted by atomic mass is 10.1. The van der Waals surface area contributed by atoms with Gasteiger partial charge < -0.3 is 15.1 Å². The summed E-state index contributed by atoms with van der Waals surface area (Å²) in [6, 6.07) is 15.6. The van der Waals surface area contributed by atoms with Crippen molar-refractivity contribution in [3.63, 3.8) is 0 Å². The Balaban J connectivity index is 1.48. The minimum atomic E-state index is 0.0135. The first-order chi connectivity index (χ1) is 12.5. The zero-order chi connectivity index (χ0) is 18.5. The van der Waals surface area contributed by atoms with E-state index in [-0.39, 0.29) is 11.7 Å². The Morgan fingerprint density at radius 1 is 1.08 bits per heavy atom. The number of quaternary nitrogens is 1. The molecule has 0 aliphatic carbocycles. The van der Waals surface area contributed by atoms with Crippen LogP contribution < -0.4 is 15.1 Å². The predicted octanol–water partition coefficient (Wildman–Crippen LogP) is 1.54. The highest BCUT2D eigenvalue weighted by Gasteiger charge is 2.22. The topological polar surface area (TPSA) is 53.9 Å². The molecule has 1 heterocycles. The van der Waals surface area contributed by atoms with Gasteiger partial charge in [0.2, 0.25) is 0 Å². The number of hydrogen-bond donors (Lipinski definition) is 2. The Hall–Kier alpha value is -2.66. The lowest BCUT2D eigenvalue weighted by Crippen LogP contribution is -3.15. The van der Waals surface area contributed by atoms with E-state index in [4.69, 9.17) is 0 Å². The molecule has 1 fully saturated rings. The number of hydrogen-bond acceptors (Lipinski definition) is 3. The van der Waals surface area contributed by atoms with Crippen molar-refractivity contribution in [2.75, 3.05) is 42.9 Å². The number of benzene rings is 2. The van der Waals surface area contributed by atoms with Crippen LogP contribution in [0.25, 0.3) is 0 Å². The highest BCUT2D eigenvalue weighted by Crippen LogP contribution is 2.15. The second-order valence-corrected chi connectivity index (χ2v) is 6.93. The monoisotopic (exact) mass is 352 g/mol. The second kappa shape index (κ2) is 8.15. The molecular formula is C21H26N3O2+. The third kappa shape index (κ3) is 4.70. The molecular weight excluding hydrogens is 326 g/mol. The van der Waals surface area contributed by atoms with Gasteiger partial charge in [0.05, 0.1) is 26.2 Å². The summed E-state index contributed by atoms with van der Waals surface area (Å²) < 4.78 is 0. The maximum Gasteiger partial charge on any atom is 0.279 e. The fourth-order valence-electron chi connectivity index (χ4n) is 3.30. The number of piperazine rings is 1. The first-order valence-corrected chi connectivity index (χ1v) is 9.07. The molecule has 1 amide bonds. The molecule has 0 bridgehead atoms. The van der Waals surface area contributed by atoms with E-state index in [9.17, 15) is 9.59 Å². The Kier molecular flexibility index (Phi) is 5.68. The molecule has 26 heavy (non-hydrogen) atoms. The standard InChI is InChI=1S/C21H25N3O2/c1-16-4-3-5-20(14-16)24-12-10-23(11-13-24)15-21(26)22-19-8-6-18(7-9-19)17(2)25/h3-9,14H,10-13,15H2,1-2H3,(H,22,26)/p+1. The molecule has 0 atom stereocenters. The van der Waals surface area contributed by atoms with Gasteiger partial charge in [0, 0.05) is 16.9 Å². The van der Waals surface area contributed by atoms with Crippen molar-refractivity contribution in [1.82, 2.24) is 0 Å². The third-order valence-electron chi connectivity index (χ3n) is 4.82. The van der Waals surface area contributed by atoms with Gasteiger partial charge in [0.15, 0.2) is 12.3 Å². The average molecular weight is 352 g/mol. The summed E-state index contributed by atoms with van der Waals surface area (Å²) in [5, 5.41) is 2.92. The SMILES string of the molecule is CC(=O)c1ccc(NC(=O)C[NH+]2CCN(c3cccc(C)c3)CC2)cc1. The number of rotatable bonds is 5. The second-order valence-electron chi connectivity index (χ2n) is 6.93. The molecule has 1 saturated heterocycles. The van der Waals surface area contributed by atoms with Gasteiger partial charge in [0.1, 0.15) is 0 Å². The van der Waals surface area contributed by atoms with E-state index in [1.54, 1.807) is 24.3 Å². The molecule has 5 heteroatoms. The summed E-state index contributed by atoms with van der Waals surface area (Å²) in [7, 11) is 0. The zero-order valence-electron chi connectivity index (χ0n) is 15.4. The van der Waals surface area contributed by atoms with Crippen LogP contribution in [0.3, 0.4) is 0 Å². The molecule has 0 saturated carbocycles. The summed E-state index contributed by atoms with van der Waals surface area (Å²) in [5.41, 5.74) is 3.92. The van der Waals surface area contributed by atoms with Crippen molar-refractivity contribution in [2.24, 2.45) is 0 Å². The van der Waals surface area contributed by atoms with Crippen molar-refractivity contribution in [2.45, 2.75) is 13.8 Å². The molecule has 0 aromatic heterocycles. The number of amides is 1. The van der Waals surface area contributed by atoms with E-state index >= 15 is 0 Å². The number of ketones is 1. The Bertz CT molecular complexity index is 778. The lowest BCUT2D eigenvalue weighted by Gasteiger charge is -2.33. The van der Waals surface area contributed by atoms with Gasteiger partial charge in [-0.15, -0.1) is 0 Å². The Labute approximate surface area is 154 Å². The molecule has 1 aliphatic heterocycles. The van der Waals surface area contributed by atoms with E-state index in [0.717, 1.165) is 31.9 Å². The lowest BCUT2D eigenvalue weighted by molar-refractivity contribution is -0.892. The van der Waals surface area contributed by atoms with Crippen LogP contribution in [0.4, 0.5) is 11.4 Å². The summed E-state index contributed by atoms with van der Waals surface area (Å²) in [6.07, 6.45) is 0. The minimum absolute atomic E-state index is 0.0135. The molecule has 5 nitrogen and oxygen atoms in total. The van der Waals surface area contributed by atoms with Crippen LogP contribution in [0.2, 0.25) is 0 Å². The molecule has 0 spiro atoms. The Morgan fingerprint density at radius 2 is 1.77 bits per heavy atom. The highest BCUT2D eigenvalue weighted by atomic mass is 16.2. The van der Waals surface area contributed by atoms with Crippen LogP contribution >= 0.6 is 0 Å². The third-order valence-corrected chi connectivity index (χ3v) is 4.82. The van der Waals surface area contributed by atoms with E-state index in [1.165, 1.54) is 23.1 Å². The summed E-state index contributed by atoms with van der Waals surface area (Å²) in [5.74, 6) is 0.0402. The maximum absolute atomic E-state index is 12.3. The first-order valence-electron chi connectivity index (χ1n) is 9.07. The van der Waals surface area contributed by atoms with Gasteiger partial charge in [-0.25, -0.2) is 0 Å². The van der Waals surface area contributed by atoms with Gasteiger partial charge in [-0.3, -0.25) is 9.59 Å².